The van der Waals surface area contributed by atoms with E-state index in [-0.39, 0.29) is 12.1 Å². The Bertz CT molecular complexity index is 451. The largest absolute Gasteiger partial charge is 0.444 e. The predicted octanol–water partition coefficient (Wildman–Crippen LogP) is 2.50. The van der Waals surface area contributed by atoms with Crippen LogP contribution in [0.15, 0.2) is 30.3 Å². The number of hydrogen-bond donors (Lipinski definition) is 1. The first kappa shape index (κ1) is 15.8. The summed E-state index contributed by atoms with van der Waals surface area (Å²) in [5.74, 6) is 0. The number of rotatable bonds is 6. The minimum atomic E-state index is -0.510. The van der Waals surface area contributed by atoms with Gasteiger partial charge in [-0.1, -0.05) is 30.3 Å². The van der Waals surface area contributed by atoms with Gasteiger partial charge in [-0.25, -0.2) is 4.79 Å². The average molecular weight is 293 g/mol. The van der Waals surface area contributed by atoms with E-state index >= 15 is 0 Å². The van der Waals surface area contributed by atoms with Crippen LogP contribution in [0.3, 0.4) is 0 Å². The predicted molar refractivity (Wildman–Crippen MR) is 79.0 cm³/mol. The van der Waals surface area contributed by atoms with Crippen molar-refractivity contribution in [2.24, 2.45) is 0 Å². The fourth-order valence-corrected chi connectivity index (χ4v) is 1.87. The van der Waals surface area contributed by atoms with E-state index in [1.807, 2.05) is 51.1 Å². The van der Waals surface area contributed by atoms with Gasteiger partial charge in [-0.15, -0.1) is 0 Å². The maximum absolute atomic E-state index is 11.8. The van der Waals surface area contributed by atoms with Gasteiger partial charge in [-0.2, -0.15) is 0 Å². The molecule has 1 N–H and O–H groups in total. The molecule has 2 atom stereocenters. The van der Waals surface area contributed by atoms with Crippen molar-refractivity contribution in [3.8, 4) is 0 Å². The fraction of sp³-hybridized carbons (Fsp3) is 0.562. The fourth-order valence-electron chi connectivity index (χ4n) is 1.87. The minimum absolute atomic E-state index is 0.0216. The maximum atomic E-state index is 11.8. The zero-order valence-corrected chi connectivity index (χ0v) is 12.8. The van der Waals surface area contributed by atoms with Gasteiger partial charge in [0.2, 0.25) is 0 Å². The highest BCUT2D eigenvalue weighted by Crippen LogP contribution is 2.16. The van der Waals surface area contributed by atoms with Gasteiger partial charge in [0.1, 0.15) is 11.7 Å². The van der Waals surface area contributed by atoms with Crippen molar-refractivity contribution in [2.45, 2.75) is 45.1 Å². The third-order valence-electron chi connectivity index (χ3n) is 2.92. The van der Waals surface area contributed by atoms with Crippen LogP contribution in [-0.2, 0) is 20.8 Å². The van der Waals surface area contributed by atoms with Crippen LogP contribution in [-0.4, -0.2) is 37.1 Å². The first-order valence-corrected chi connectivity index (χ1v) is 7.17. The van der Waals surface area contributed by atoms with Crippen LogP contribution < -0.4 is 5.32 Å². The maximum Gasteiger partial charge on any atom is 0.408 e. The van der Waals surface area contributed by atoms with Crippen LogP contribution >= 0.6 is 0 Å². The molecular weight excluding hydrogens is 270 g/mol. The molecule has 116 valence electrons. The minimum Gasteiger partial charge on any atom is -0.444 e. The Hall–Kier alpha value is -1.59. The molecule has 21 heavy (non-hydrogen) atoms. The Balaban J connectivity index is 1.76. The number of alkyl carbamates (subject to hydrolysis) is 1. The molecule has 0 saturated carbocycles. The second-order valence-electron chi connectivity index (χ2n) is 6.13. The van der Waals surface area contributed by atoms with Gasteiger partial charge < -0.3 is 19.5 Å². The number of ether oxygens (including phenoxy) is 3. The van der Waals surface area contributed by atoms with Gasteiger partial charge in [0.15, 0.2) is 0 Å². The topological polar surface area (TPSA) is 60.1 Å². The summed E-state index contributed by atoms with van der Waals surface area (Å²) in [6, 6.07) is 9.74. The van der Waals surface area contributed by atoms with Crippen molar-refractivity contribution in [3.63, 3.8) is 0 Å². The number of epoxide rings is 1. The summed E-state index contributed by atoms with van der Waals surface area (Å²) in [5, 5.41) is 2.81. The van der Waals surface area contributed by atoms with Gasteiger partial charge >= 0.3 is 6.09 Å². The Labute approximate surface area is 125 Å². The third kappa shape index (κ3) is 6.14. The average Bonchev–Trinajstić information content (AvgIpc) is 3.21. The monoisotopic (exact) mass is 293 g/mol. The smallest absolute Gasteiger partial charge is 0.408 e. The number of benzene rings is 1. The second kappa shape index (κ2) is 6.91. The lowest BCUT2D eigenvalue weighted by Gasteiger charge is -2.23. The van der Waals surface area contributed by atoms with Crippen LogP contribution in [0.5, 0.6) is 0 Å². The molecule has 2 rings (SSSR count). The molecule has 0 spiro atoms. The summed E-state index contributed by atoms with van der Waals surface area (Å²) >= 11 is 0. The SMILES string of the molecule is CC(C)(C)OC(=O)N[C@@H](COCc1ccccc1)[C@H]1CO1. The lowest BCUT2D eigenvalue weighted by atomic mass is 10.2. The van der Waals surface area contributed by atoms with E-state index in [1.165, 1.54) is 0 Å². The molecule has 0 unspecified atom stereocenters. The number of hydrogen-bond acceptors (Lipinski definition) is 4. The standard InChI is InChI=1S/C16H23NO4/c1-16(2,3)21-15(18)17-13(14-11-20-14)10-19-9-12-7-5-4-6-8-12/h4-8,13-14H,9-11H2,1-3H3,(H,17,18)/t13-,14+/m0/s1. The highest BCUT2D eigenvalue weighted by atomic mass is 16.6. The van der Waals surface area contributed by atoms with E-state index in [0.717, 1.165) is 5.56 Å². The summed E-state index contributed by atoms with van der Waals surface area (Å²) in [7, 11) is 0. The summed E-state index contributed by atoms with van der Waals surface area (Å²) in [6.45, 7) is 7.07. The summed E-state index contributed by atoms with van der Waals surface area (Å²) < 4.78 is 16.2. The molecule has 0 bridgehead atoms. The van der Waals surface area contributed by atoms with Crippen LogP contribution in [0.1, 0.15) is 26.3 Å². The molecule has 1 aliphatic rings. The lowest BCUT2D eigenvalue weighted by Crippen LogP contribution is -2.44. The van der Waals surface area contributed by atoms with Gasteiger partial charge in [0.05, 0.1) is 25.9 Å². The Morgan fingerprint density at radius 1 is 1.38 bits per heavy atom. The summed E-state index contributed by atoms with van der Waals surface area (Å²) in [5.41, 5.74) is 0.592. The zero-order valence-electron chi connectivity index (χ0n) is 12.8. The van der Waals surface area contributed by atoms with E-state index in [1.54, 1.807) is 0 Å². The molecule has 1 aliphatic heterocycles. The van der Waals surface area contributed by atoms with E-state index in [4.69, 9.17) is 14.2 Å². The van der Waals surface area contributed by atoms with E-state index < -0.39 is 11.7 Å². The second-order valence-corrected chi connectivity index (χ2v) is 6.13. The molecule has 1 aromatic rings. The molecule has 1 heterocycles. The van der Waals surface area contributed by atoms with Crippen molar-refractivity contribution < 1.29 is 19.0 Å². The molecule has 0 aromatic heterocycles. The van der Waals surface area contributed by atoms with E-state index in [9.17, 15) is 4.79 Å². The van der Waals surface area contributed by atoms with Crippen LogP contribution in [0.2, 0.25) is 0 Å². The lowest BCUT2D eigenvalue weighted by molar-refractivity contribution is 0.0403. The number of carbonyl (C=O) groups is 1. The Kier molecular flexibility index (Phi) is 5.20. The summed E-state index contributed by atoms with van der Waals surface area (Å²) in [4.78, 5) is 11.8. The van der Waals surface area contributed by atoms with Crippen LogP contribution in [0.25, 0.3) is 0 Å². The van der Waals surface area contributed by atoms with E-state index in [2.05, 4.69) is 5.32 Å². The van der Waals surface area contributed by atoms with Crippen molar-refractivity contribution in [1.82, 2.24) is 5.32 Å². The number of amides is 1. The van der Waals surface area contributed by atoms with Gasteiger partial charge in [-0.3, -0.25) is 0 Å². The van der Waals surface area contributed by atoms with Crippen molar-refractivity contribution >= 4 is 6.09 Å². The van der Waals surface area contributed by atoms with E-state index in [0.29, 0.717) is 19.8 Å². The quantitative estimate of drug-likeness (QED) is 0.819. The van der Waals surface area contributed by atoms with Crippen molar-refractivity contribution in [2.75, 3.05) is 13.2 Å². The third-order valence-corrected chi connectivity index (χ3v) is 2.92. The zero-order chi connectivity index (χ0) is 15.3. The highest BCUT2D eigenvalue weighted by Gasteiger charge is 2.35. The molecule has 1 amide bonds. The van der Waals surface area contributed by atoms with Gasteiger partial charge in [0.25, 0.3) is 0 Å². The van der Waals surface area contributed by atoms with Crippen molar-refractivity contribution in [1.29, 1.82) is 0 Å². The highest BCUT2D eigenvalue weighted by molar-refractivity contribution is 5.68. The Morgan fingerprint density at radius 3 is 2.62 bits per heavy atom. The number of nitrogens with one attached hydrogen (secondary N) is 1. The van der Waals surface area contributed by atoms with Crippen molar-refractivity contribution in [3.05, 3.63) is 35.9 Å². The molecule has 0 radical (unpaired) electrons. The first-order valence-electron chi connectivity index (χ1n) is 7.17. The van der Waals surface area contributed by atoms with Gasteiger partial charge in [-0.05, 0) is 26.3 Å². The number of carbonyl (C=O) groups excluding carboxylic acids is 1. The molecule has 1 saturated heterocycles. The van der Waals surface area contributed by atoms with Crippen LogP contribution in [0.4, 0.5) is 4.79 Å². The molecule has 5 nitrogen and oxygen atoms in total. The molecule has 1 aromatic carbocycles. The normalized spacial score (nSPS) is 18.9. The van der Waals surface area contributed by atoms with Gasteiger partial charge in [0, 0.05) is 0 Å². The molecule has 1 fully saturated rings. The molecular formula is C16H23NO4. The molecule has 0 aliphatic carbocycles. The first-order chi connectivity index (χ1) is 9.94. The summed E-state index contributed by atoms with van der Waals surface area (Å²) in [6.07, 6.45) is -0.417. The van der Waals surface area contributed by atoms with Crippen LogP contribution in [0, 0.1) is 0 Å². The molecule has 5 heteroatoms. The Morgan fingerprint density at radius 2 is 2.05 bits per heavy atom.